The third-order valence-corrected chi connectivity index (χ3v) is 3.57. The topological polar surface area (TPSA) is 75.6 Å². The molecule has 0 radical (unpaired) electrons. The largest absolute Gasteiger partial charge is 0.376 e. The zero-order chi connectivity index (χ0) is 14.5. The lowest BCUT2D eigenvalue weighted by atomic mass is 10.2. The van der Waals surface area contributed by atoms with Gasteiger partial charge in [0.1, 0.15) is 0 Å². The van der Waals surface area contributed by atoms with Crippen LogP contribution in [0, 0.1) is 6.92 Å². The fraction of sp³-hybridized carbons (Fsp3) is 0.538. The third-order valence-electron chi connectivity index (χ3n) is 2.70. The molecule has 0 aromatic heterocycles. The molecule has 19 heavy (non-hydrogen) atoms. The molecule has 2 rings (SSSR count). The second kappa shape index (κ2) is 7.00. The molecule has 2 atom stereocenters. The Bertz CT molecular complexity index is 466. The molecule has 2 N–H and O–H groups in total. The fourth-order valence-corrected chi connectivity index (χ4v) is 1.98. The van der Waals surface area contributed by atoms with Gasteiger partial charge in [-0.05, 0) is 32.9 Å². The van der Waals surface area contributed by atoms with Gasteiger partial charge in [-0.3, -0.25) is 4.55 Å². The van der Waals surface area contributed by atoms with Crippen molar-refractivity contribution in [3.05, 3.63) is 29.8 Å². The SMILES string of the molecule is C[C@@H]1CN[C@@H](C)CO1.Cc1ccc(S(=O)(=O)O)cc1. The normalized spacial score (nSPS) is 23.4. The van der Waals surface area contributed by atoms with Crippen LogP contribution < -0.4 is 5.32 Å². The van der Waals surface area contributed by atoms with Crippen LogP contribution in [0.15, 0.2) is 29.2 Å². The Balaban J connectivity index is 0.000000200. The molecular formula is C13H21NO4S. The van der Waals surface area contributed by atoms with E-state index in [2.05, 4.69) is 19.2 Å². The molecule has 108 valence electrons. The molecule has 0 unspecified atom stereocenters. The average Bonchev–Trinajstić information content (AvgIpc) is 2.33. The van der Waals surface area contributed by atoms with Gasteiger partial charge in [-0.15, -0.1) is 0 Å². The van der Waals surface area contributed by atoms with Gasteiger partial charge >= 0.3 is 0 Å². The van der Waals surface area contributed by atoms with E-state index in [4.69, 9.17) is 9.29 Å². The van der Waals surface area contributed by atoms with Crippen LogP contribution in [-0.2, 0) is 14.9 Å². The fourth-order valence-electron chi connectivity index (χ4n) is 1.50. The highest BCUT2D eigenvalue weighted by Crippen LogP contribution is 2.08. The van der Waals surface area contributed by atoms with Gasteiger partial charge in [-0.25, -0.2) is 0 Å². The molecular weight excluding hydrogens is 266 g/mol. The van der Waals surface area contributed by atoms with Crippen molar-refractivity contribution in [3.8, 4) is 0 Å². The lowest BCUT2D eigenvalue weighted by molar-refractivity contribution is 0.0196. The number of hydrogen-bond acceptors (Lipinski definition) is 4. The zero-order valence-corrected chi connectivity index (χ0v) is 12.3. The number of nitrogens with one attached hydrogen (secondary N) is 1. The van der Waals surface area contributed by atoms with Gasteiger partial charge < -0.3 is 10.1 Å². The van der Waals surface area contributed by atoms with Crippen molar-refractivity contribution in [2.45, 2.75) is 37.8 Å². The number of rotatable bonds is 1. The first-order valence-corrected chi connectivity index (χ1v) is 7.62. The van der Waals surface area contributed by atoms with Crippen LogP contribution in [0.2, 0.25) is 0 Å². The van der Waals surface area contributed by atoms with Gasteiger partial charge in [-0.1, -0.05) is 17.7 Å². The molecule has 0 bridgehead atoms. The van der Waals surface area contributed by atoms with E-state index in [1.807, 2.05) is 6.92 Å². The van der Waals surface area contributed by atoms with Crippen molar-refractivity contribution in [3.63, 3.8) is 0 Å². The van der Waals surface area contributed by atoms with Crippen molar-refractivity contribution in [2.24, 2.45) is 0 Å². The van der Waals surface area contributed by atoms with E-state index >= 15 is 0 Å². The quantitative estimate of drug-likeness (QED) is 0.768. The molecule has 1 fully saturated rings. The molecule has 1 saturated heterocycles. The molecule has 5 nitrogen and oxygen atoms in total. The Morgan fingerprint density at radius 2 is 1.84 bits per heavy atom. The van der Waals surface area contributed by atoms with Gasteiger partial charge in [0.25, 0.3) is 10.1 Å². The molecule has 1 heterocycles. The van der Waals surface area contributed by atoms with Crippen LogP contribution >= 0.6 is 0 Å². The number of ether oxygens (including phenoxy) is 1. The summed E-state index contributed by atoms with van der Waals surface area (Å²) in [5.74, 6) is 0. The van der Waals surface area contributed by atoms with Gasteiger partial charge in [0, 0.05) is 12.6 Å². The van der Waals surface area contributed by atoms with Crippen molar-refractivity contribution >= 4 is 10.1 Å². The molecule has 1 aliphatic rings. The summed E-state index contributed by atoms with van der Waals surface area (Å²) in [5.41, 5.74) is 0.956. The van der Waals surface area contributed by atoms with Gasteiger partial charge in [-0.2, -0.15) is 8.42 Å². The van der Waals surface area contributed by atoms with E-state index in [9.17, 15) is 8.42 Å². The highest BCUT2D eigenvalue weighted by atomic mass is 32.2. The first-order chi connectivity index (χ1) is 8.79. The van der Waals surface area contributed by atoms with Crippen molar-refractivity contribution < 1.29 is 17.7 Å². The van der Waals surface area contributed by atoms with E-state index in [1.165, 1.54) is 12.1 Å². The lowest BCUT2D eigenvalue weighted by Gasteiger charge is -2.25. The van der Waals surface area contributed by atoms with Crippen LogP contribution in [0.5, 0.6) is 0 Å². The molecule has 0 spiro atoms. The molecule has 6 heteroatoms. The monoisotopic (exact) mass is 287 g/mol. The molecule has 1 aromatic carbocycles. The van der Waals surface area contributed by atoms with Gasteiger partial charge in [0.2, 0.25) is 0 Å². The van der Waals surface area contributed by atoms with Gasteiger partial charge in [0.15, 0.2) is 0 Å². The predicted molar refractivity (Wildman–Crippen MR) is 73.9 cm³/mol. The summed E-state index contributed by atoms with van der Waals surface area (Å²) in [5, 5.41) is 3.31. The highest BCUT2D eigenvalue weighted by molar-refractivity contribution is 7.85. The van der Waals surface area contributed by atoms with Crippen LogP contribution in [0.4, 0.5) is 0 Å². The summed E-state index contributed by atoms with van der Waals surface area (Å²) in [7, 11) is -4.02. The summed E-state index contributed by atoms with van der Waals surface area (Å²) in [6, 6.07) is 6.54. The van der Waals surface area contributed by atoms with Crippen LogP contribution in [0.3, 0.4) is 0 Å². The smallest absolute Gasteiger partial charge is 0.294 e. The van der Waals surface area contributed by atoms with Crippen molar-refractivity contribution in [1.29, 1.82) is 0 Å². The molecule has 1 aliphatic heterocycles. The van der Waals surface area contributed by atoms with Crippen LogP contribution in [0.1, 0.15) is 19.4 Å². The van der Waals surface area contributed by atoms with Crippen molar-refractivity contribution in [2.75, 3.05) is 13.2 Å². The lowest BCUT2D eigenvalue weighted by Crippen LogP contribution is -2.43. The number of hydrogen-bond donors (Lipinski definition) is 2. The van der Waals surface area contributed by atoms with Gasteiger partial charge in [0.05, 0.1) is 17.6 Å². The van der Waals surface area contributed by atoms with Crippen LogP contribution in [-0.4, -0.2) is 38.3 Å². The Labute approximate surface area is 114 Å². The number of aryl methyl sites for hydroxylation is 1. The minimum Gasteiger partial charge on any atom is -0.376 e. The summed E-state index contributed by atoms with van der Waals surface area (Å²) in [4.78, 5) is -0.0666. The summed E-state index contributed by atoms with van der Waals surface area (Å²) >= 11 is 0. The highest BCUT2D eigenvalue weighted by Gasteiger charge is 2.12. The van der Waals surface area contributed by atoms with E-state index < -0.39 is 10.1 Å². The first-order valence-electron chi connectivity index (χ1n) is 6.18. The third kappa shape index (κ3) is 6.15. The molecule has 0 aliphatic carbocycles. The number of morpholine rings is 1. The summed E-state index contributed by atoms with van der Waals surface area (Å²) in [6.45, 7) is 7.92. The van der Waals surface area contributed by atoms with E-state index in [0.717, 1.165) is 18.7 Å². The molecule has 0 saturated carbocycles. The van der Waals surface area contributed by atoms with E-state index in [0.29, 0.717) is 12.1 Å². The number of benzene rings is 1. The average molecular weight is 287 g/mol. The van der Waals surface area contributed by atoms with Crippen molar-refractivity contribution in [1.82, 2.24) is 5.32 Å². The molecule has 1 aromatic rings. The Kier molecular flexibility index (Phi) is 5.93. The maximum atomic E-state index is 10.5. The Hall–Kier alpha value is -0.950. The summed E-state index contributed by atoms with van der Waals surface area (Å²) in [6.07, 6.45) is 0.409. The van der Waals surface area contributed by atoms with E-state index in [-0.39, 0.29) is 4.90 Å². The minimum atomic E-state index is -4.02. The maximum Gasteiger partial charge on any atom is 0.294 e. The Morgan fingerprint density at radius 3 is 2.21 bits per heavy atom. The molecule has 0 amide bonds. The van der Waals surface area contributed by atoms with Crippen LogP contribution in [0.25, 0.3) is 0 Å². The standard InChI is InChI=1S/C7H8O3S.C6H13NO/c1-6-2-4-7(5-3-6)11(8,9)10;1-5-4-8-6(2)3-7-5/h2-5H,1H3,(H,8,9,10);5-7H,3-4H2,1-2H3/t;5-,6+/m.0/s1. The Morgan fingerprint density at radius 1 is 1.26 bits per heavy atom. The minimum absolute atomic E-state index is 0.0666. The maximum absolute atomic E-state index is 10.5. The summed E-state index contributed by atoms with van der Waals surface area (Å²) < 4.78 is 34.9. The predicted octanol–water partition coefficient (Wildman–Crippen LogP) is 1.62. The van der Waals surface area contributed by atoms with E-state index in [1.54, 1.807) is 12.1 Å². The second-order valence-electron chi connectivity index (χ2n) is 4.74. The first kappa shape index (κ1) is 16.1. The second-order valence-corrected chi connectivity index (χ2v) is 6.16. The zero-order valence-electron chi connectivity index (χ0n) is 11.5.